The lowest BCUT2D eigenvalue weighted by molar-refractivity contribution is 0.0705. The Bertz CT molecular complexity index is 566. The van der Waals surface area contributed by atoms with E-state index in [2.05, 4.69) is 17.0 Å². The SMILES string of the molecule is CN(C)CC(c1ccccc1)N(C)C(=O)c1ccccc1. The Morgan fingerprint density at radius 3 is 1.95 bits per heavy atom. The second-order valence-corrected chi connectivity index (χ2v) is 5.47. The first-order valence-corrected chi connectivity index (χ1v) is 7.11. The van der Waals surface area contributed by atoms with E-state index in [1.807, 2.05) is 74.6 Å². The van der Waals surface area contributed by atoms with E-state index in [0.717, 1.165) is 17.7 Å². The van der Waals surface area contributed by atoms with Gasteiger partial charge in [-0.2, -0.15) is 0 Å². The maximum absolute atomic E-state index is 12.6. The van der Waals surface area contributed by atoms with Crippen LogP contribution in [0.15, 0.2) is 60.7 Å². The number of amides is 1. The topological polar surface area (TPSA) is 23.6 Å². The molecule has 110 valence electrons. The lowest BCUT2D eigenvalue weighted by Gasteiger charge is -2.31. The fourth-order valence-corrected chi connectivity index (χ4v) is 2.40. The molecule has 0 spiro atoms. The van der Waals surface area contributed by atoms with E-state index in [-0.39, 0.29) is 11.9 Å². The van der Waals surface area contributed by atoms with Crippen molar-refractivity contribution in [2.45, 2.75) is 6.04 Å². The standard InChI is InChI=1S/C18H22N2O/c1-19(2)14-17(15-10-6-4-7-11-15)20(3)18(21)16-12-8-5-9-13-16/h4-13,17H,14H2,1-3H3. The third-order valence-electron chi connectivity index (χ3n) is 3.53. The van der Waals surface area contributed by atoms with Gasteiger partial charge in [-0.05, 0) is 31.8 Å². The van der Waals surface area contributed by atoms with Crippen LogP contribution in [-0.2, 0) is 0 Å². The van der Waals surface area contributed by atoms with Crippen LogP contribution < -0.4 is 0 Å². The van der Waals surface area contributed by atoms with Crippen molar-refractivity contribution >= 4 is 5.91 Å². The first kappa shape index (κ1) is 15.3. The van der Waals surface area contributed by atoms with Crippen molar-refractivity contribution in [3.05, 3.63) is 71.8 Å². The van der Waals surface area contributed by atoms with Crippen molar-refractivity contribution in [1.29, 1.82) is 0 Å². The molecule has 3 nitrogen and oxygen atoms in total. The Morgan fingerprint density at radius 2 is 1.43 bits per heavy atom. The second-order valence-electron chi connectivity index (χ2n) is 5.47. The van der Waals surface area contributed by atoms with Gasteiger partial charge in [-0.3, -0.25) is 4.79 Å². The zero-order valence-corrected chi connectivity index (χ0v) is 12.9. The van der Waals surface area contributed by atoms with Gasteiger partial charge in [-0.1, -0.05) is 48.5 Å². The average molecular weight is 282 g/mol. The van der Waals surface area contributed by atoms with Gasteiger partial charge in [0.15, 0.2) is 0 Å². The van der Waals surface area contributed by atoms with E-state index in [1.165, 1.54) is 0 Å². The number of benzene rings is 2. The number of carbonyl (C=O) groups is 1. The Balaban J connectivity index is 2.26. The smallest absolute Gasteiger partial charge is 0.254 e. The minimum Gasteiger partial charge on any atom is -0.333 e. The zero-order valence-electron chi connectivity index (χ0n) is 12.9. The number of hydrogen-bond donors (Lipinski definition) is 0. The van der Waals surface area contributed by atoms with Gasteiger partial charge in [-0.15, -0.1) is 0 Å². The van der Waals surface area contributed by atoms with E-state index < -0.39 is 0 Å². The number of nitrogens with zero attached hydrogens (tertiary/aromatic N) is 2. The van der Waals surface area contributed by atoms with Crippen molar-refractivity contribution in [1.82, 2.24) is 9.80 Å². The van der Waals surface area contributed by atoms with Gasteiger partial charge in [0.2, 0.25) is 0 Å². The monoisotopic (exact) mass is 282 g/mol. The van der Waals surface area contributed by atoms with Crippen molar-refractivity contribution in [2.75, 3.05) is 27.7 Å². The van der Waals surface area contributed by atoms with Crippen LogP contribution in [0, 0.1) is 0 Å². The van der Waals surface area contributed by atoms with Crippen LogP contribution in [0.25, 0.3) is 0 Å². The molecule has 0 saturated carbocycles. The maximum atomic E-state index is 12.6. The first-order chi connectivity index (χ1) is 10.1. The molecule has 0 aliphatic rings. The molecule has 0 aromatic heterocycles. The van der Waals surface area contributed by atoms with Crippen molar-refractivity contribution in [3.63, 3.8) is 0 Å². The van der Waals surface area contributed by atoms with Crippen molar-refractivity contribution < 1.29 is 4.79 Å². The summed E-state index contributed by atoms with van der Waals surface area (Å²) in [5.74, 6) is 0.0475. The van der Waals surface area contributed by atoms with Gasteiger partial charge in [0.25, 0.3) is 5.91 Å². The van der Waals surface area contributed by atoms with Gasteiger partial charge < -0.3 is 9.80 Å². The third-order valence-corrected chi connectivity index (χ3v) is 3.53. The van der Waals surface area contributed by atoms with E-state index in [1.54, 1.807) is 0 Å². The average Bonchev–Trinajstić information content (AvgIpc) is 2.53. The van der Waals surface area contributed by atoms with Crippen molar-refractivity contribution in [2.24, 2.45) is 0 Å². The molecule has 0 saturated heterocycles. The van der Waals surface area contributed by atoms with Crippen LogP contribution in [-0.4, -0.2) is 43.4 Å². The molecule has 21 heavy (non-hydrogen) atoms. The second kappa shape index (κ2) is 7.04. The van der Waals surface area contributed by atoms with E-state index in [4.69, 9.17) is 0 Å². The summed E-state index contributed by atoms with van der Waals surface area (Å²) < 4.78 is 0. The van der Waals surface area contributed by atoms with Gasteiger partial charge >= 0.3 is 0 Å². The van der Waals surface area contributed by atoms with Crippen LogP contribution in [0.4, 0.5) is 0 Å². The van der Waals surface area contributed by atoms with Gasteiger partial charge in [0.1, 0.15) is 0 Å². The van der Waals surface area contributed by atoms with Crippen LogP contribution in [0.5, 0.6) is 0 Å². The van der Waals surface area contributed by atoms with E-state index >= 15 is 0 Å². The zero-order chi connectivity index (χ0) is 15.2. The molecule has 0 fully saturated rings. The molecule has 1 amide bonds. The highest BCUT2D eigenvalue weighted by Crippen LogP contribution is 2.21. The third kappa shape index (κ3) is 3.92. The predicted molar refractivity (Wildman–Crippen MR) is 86.3 cm³/mol. The predicted octanol–water partition coefficient (Wildman–Crippen LogP) is 3.06. The summed E-state index contributed by atoms with van der Waals surface area (Å²) in [6.07, 6.45) is 0. The molecule has 2 aromatic carbocycles. The Hall–Kier alpha value is -2.13. The number of hydrogen-bond acceptors (Lipinski definition) is 2. The van der Waals surface area contributed by atoms with Gasteiger partial charge in [0.05, 0.1) is 6.04 Å². The Morgan fingerprint density at radius 1 is 0.905 bits per heavy atom. The largest absolute Gasteiger partial charge is 0.333 e. The molecule has 3 heteroatoms. The molecule has 0 bridgehead atoms. The number of carbonyl (C=O) groups excluding carboxylic acids is 1. The van der Waals surface area contributed by atoms with Crippen molar-refractivity contribution in [3.8, 4) is 0 Å². The minimum absolute atomic E-state index is 0.0360. The van der Waals surface area contributed by atoms with E-state index in [9.17, 15) is 4.79 Å². The summed E-state index contributed by atoms with van der Waals surface area (Å²) in [4.78, 5) is 16.6. The van der Waals surface area contributed by atoms with Crippen LogP contribution in [0.2, 0.25) is 0 Å². The number of likely N-dealkylation sites (N-methyl/N-ethyl adjacent to an activating group) is 2. The fourth-order valence-electron chi connectivity index (χ4n) is 2.40. The van der Waals surface area contributed by atoms with Gasteiger partial charge in [0, 0.05) is 19.2 Å². The maximum Gasteiger partial charge on any atom is 0.254 e. The molecule has 1 unspecified atom stereocenters. The molecular weight excluding hydrogens is 260 g/mol. The summed E-state index contributed by atoms with van der Waals surface area (Å²) in [6, 6.07) is 19.6. The molecule has 0 heterocycles. The molecule has 2 aromatic rings. The number of rotatable bonds is 5. The Labute approximate surface area is 126 Å². The molecule has 1 atom stereocenters. The van der Waals surface area contributed by atoms with Crippen LogP contribution in [0.3, 0.4) is 0 Å². The van der Waals surface area contributed by atoms with Crippen LogP contribution >= 0.6 is 0 Å². The normalized spacial score (nSPS) is 12.2. The summed E-state index contributed by atoms with van der Waals surface area (Å²) >= 11 is 0. The highest BCUT2D eigenvalue weighted by atomic mass is 16.2. The molecular formula is C18H22N2O. The molecule has 0 aliphatic carbocycles. The molecule has 0 aliphatic heterocycles. The Kier molecular flexibility index (Phi) is 5.12. The summed E-state index contributed by atoms with van der Waals surface area (Å²) in [5, 5.41) is 0. The summed E-state index contributed by atoms with van der Waals surface area (Å²) in [6.45, 7) is 0.791. The molecule has 0 radical (unpaired) electrons. The summed E-state index contributed by atoms with van der Waals surface area (Å²) in [5.41, 5.74) is 1.87. The first-order valence-electron chi connectivity index (χ1n) is 7.11. The highest BCUT2D eigenvalue weighted by molar-refractivity contribution is 5.94. The lowest BCUT2D eigenvalue weighted by atomic mass is 10.0. The van der Waals surface area contributed by atoms with E-state index in [0.29, 0.717) is 0 Å². The minimum atomic E-state index is 0.0360. The quantitative estimate of drug-likeness (QED) is 0.841. The molecule has 2 rings (SSSR count). The summed E-state index contributed by atoms with van der Waals surface area (Å²) in [7, 11) is 5.92. The van der Waals surface area contributed by atoms with Gasteiger partial charge in [-0.25, -0.2) is 0 Å². The van der Waals surface area contributed by atoms with Crippen LogP contribution in [0.1, 0.15) is 22.0 Å². The fraction of sp³-hybridized carbons (Fsp3) is 0.278. The lowest BCUT2D eigenvalue weighted by Crippen LogP contribution is -2.37. The highest BCUT2D eigenvalue weighted by Gasteiger charge is 2.23. The molecule has 0 N–H and O–H groups in total.